The van der Waals surface area contributed by atoms with E-state index in [0.29, 0.717) is 0 Å². The van der Waals surface area contributed by atoms with E-state index in [1.54, 1.807) is 37.5 Å². The number of carboxylic acid groups (broad SMARTS) is 1. The van der Waals surface area contributed by atoms with Gasteiger partial charge in [-0.3, -0.25) is 4.79 Å². The van der Waals surface area contributed by atoms with E-state index in [-0.39, 0.29) is 6.42 Å². The second-order valence-electron chi connectivity index (χ2n) is 5.20. The number of carbonyl (C=O) groups is 2. The number of amides is 1. The molecule has 0 bridgehead atoms. The van der Waals surface area contributed by atoms with E-state index in [1.807, 2.05) is 30.3 Å². The Kier molecular flexibility index (Phi) is 6.14. The Hall–Kier alpha value is -3.08. The molecule has 0 aliphatic heterocycles. The fourth-order valence-electron chi connectivity index (χ4n) is 2.16. The molecule has 1 amide bonds. The summed E-state index contributed by atoms with van der Waals surface area (Å²) in [5, 5.41) is 11.8. The average molecular weight is 325 g/mol. The van der Waals surface area contributed by atoms with Gasteiger partial charge in [0.1, 0.15) is 11.8 Å². The average Bonchev–Trinajstić information content (AvgIpc) is 2.60. The molecule has 0 aliphatic rings. The number of hydrogen-bond acceptors (Lipinski definition) is 3. The zero-order valence-corrected chi connectivity index (χ0v) is 13.3. The van der Waals surface area contributed by atoms with Crippen LogP contribution in [0.4, 0.5) is 0 Å². The van der Waals surface area contributed by atoms with E-state index >= 15 is 0 Å². The highest BCUT2D eigenvalue weighted by Gasteiger charge is 2.19. The highest BCUT2D eigenvalue weighted by molar-refractivity contribution is 5.94. The zero-order valence-electron chi connectivity index (χ0n) is 13.3. The number of hydrogen-bond donors (Lipinski definition) is 2. The van der Waals surface area contributed by atoms with Crippen molar-refractivity contribution in [1.82, 2.24) is 5.32 Å². The first kappa shape index (κ1) is 17.3. The summed E-state index contributed by atoms with van der Waals surface area (Å²) in [5.41, 5.74) is 1.67. The van der Waals surface area contributed by atoms with Crippen LogP contribution in [-0.4, -0.2) is 30.1 Å². The van der Waals surface area contributed by atoms with Gasteiger partial charge in [0.15, 0.2) is 0 Å². The lowest BCUT2D eigenvalue weighted by Gasteiger charge is -2.13. The van der Waals surface area contributed by atoms with Crippen molar-refractivity contribution in [3.8, 4) is 5.75 Å². The standard InChI is InChI=1S/C19H19NO4/c1-24-16-10-7-14(8-11-16)9-12-18(21)20-17(19(22)23)13-15-5-3-2-4-6-15/h2-12,17H,13H2,1H3,(H,20,21)(H,22,23)/b12-9+/t17-/m1/s1. The quantitative estimate of drug-likeness (QED) is 0.767. The molecule has 0 spiro atoms. The maximum Gasteiger partial charge on any atom is 0.326 e. The molecule has 0 saturated heterocycles. The smallest absolute Gasteiger partial charge is 0.326 e. The Labute approximate surface area is 140 Å². The monoisotopic (exact) mass is 325 g/mol. The summed E-state index contributed by atoms with van der Waals surface area (Å²) < 4.78 is 5.06. The Balaban J connectivity index is 1.97. The van der Waals surface area contributed by atoms with Crippen LogP contribution in [0, 0.1) is 0 Å². The van der Waals surface area contributed by atoms with Crippen molar-refractivity contribution in [2.45, 2.75) is 12.5 Å². The Morgan fingerprint density at radius 2 is 1.79 bits per heavy atom. The van der Waals surface area contributed by atoms with Crippen molar-refractivity contribution in [1.29, 1.82) is 0 Å². The molecular formula is C19H19NO4. The first-order valence-corrected chi connectivity index (χ1v) is 7.48. The third kappa shape index (κ3) is 5.28. The molecule has 2 rings (SSSR count). The van der Waals surface area contributed by atoms with Crippen molar-refractivity contribution in [2.24, 2.45) is 0 Å². The molecule has 24 heavy (non-hydrogen) atoms. The van der Waals surface area contributed by atoms with Gasteiger partial charge in [0.05, 0.1) is 7.11 Å². The molecule has 124 valence electrons. The van der Waals surface area contributed by atoms with E-state index in [1.165, 1.54) is 6.08 Å². The zero-order chi connectivity index (χ0) is 17.4. The van der Waals surface area contributed by atoms with E-state index in [0.717, 1.165) is 16.9 Å². The maximum absolute atomic E-state index is 12.0. The molecule has 0 heterocycles. The number of rotatable bonds is 7. The van der Waals surface area contributed by atoms with Crippen LogP contribution in [0.25, 0.3) is 6.08 Å². The normalized spacial score (nSPS) is 11.9. The third-order valence-electron chi connectivity index (χ3n) is 3.44. The van der Waals surface area contributed by atoms with Crippen LogP contribution in [0.2, 0.25) is 0 Å². The molecule has 0 aliphatic carbocycles. The summed E-state index contributed by atoms with van der Waals surface area (Å²) >= 11 is 0. The van der Waals surface area contributed by atoms with E-state index in [9.17, 15) is 14.7 Å². The van der Waals surface area contributed by atoms with E-state index in [4.69, 9.17) is 4.74 Å². The number of ether oxygens (including phenoxy) is 1. The number of carboxylic acids is 1. The first-order valence-electron chi connectivity index (χ1n) is 7.48. The van der Waals surface area contributed by atoms with Gasteiger partial charge in [0.2, 0.25) is 5.91 Å². The molecule has 0 radical (unpaired) electrons. The number of nitrogens with one attached hydrogen (secondary N) is 1. The van der Waals surface area contributed by atoms with Gasteiger partial charge in [0.25, 0.3) is 0 Å². The van der Waals surface area contributed by atoms with Crippen LogP contribution in [0.5, 0.6) is 5.75 Å². The highest BCUT2D eigenvalue weighted by Crippen LogP contribution is 2.12. The molecule has 2 aromatic rings. The van der Waals surface area contributed by atoms with Crippen LogP contribution in [0.1, 0.15) is 11.1 Å². The van der Waals surface area contributed by atoms with Crippen molar-refractivity contribution in [3.05, 3.63) is 71.8 Å². The van der Waals surface area contributed by atoms with E-state index in [2.05, 4.69) is 5.32 Å². The lowest BCUT2D eigenvalue weighted by molar-refractivity contribution is -0.141. The molecule has 0 unspecified atom stereocenters. The Morgan fingerprint density at radius 3 is 2.38 bits per heavy atom. The number of aliphatic carboxylic acids is 1. The van der Waals surface area contributed by atoms with Crippen LogP contribution in [0.3, 0.4) is 0 Å². The summed E-state index contributed by atoms with van der Waals surface area (Å²) in [6.45, 7) is 0. The van der Waals surface area contributed by atoms with Gasteiger partial charge in [0, 0.05) is 12.5 Å². The van der Waals surface area contributed by atoms with Gasteiger partial charge >= 0.3 is 5.97 Å². The lowest BCUT2D eigenvalue weighted by Crippen LogP contribution is -2.41. The topological polar surface area (TPSA) is 75.6 Å². The summed E-state index contributed by atoms with van der Waals surface area (Å²) in [6, 6.07) is 15.4. The third-order valence-corrected chi connectivity index (χ3v) is 3.44. The summed E-state index contributed by atoms with van der Waals surface area (Å²) in [5.74, 6) is -0.787. The first-order chi connectivity index (χ1) is 11.6. The molecule has 0 saturated carbocycles. The minimum Gasteiger partial charge on any atom is -0.497 e. The van der Waals surface area contributed by atoms with Gasteiger partial charge in [-0.05, 0) is 29.3 Å². The number of carbonyl (C=O) groups excluding carboxylic acids is 1. The Bertz CT molecular complexity index is 708. The molecule has 2 N–H and O–H groups in total. The molecule has 2 aromatic carbocycles. The van der Waals surface area contributed by atoms with Gasteiger partial charge < -0.3 is 15.2 Å². The van der Waals surface area contributed by atoms with Crippen LogP contribution in [0.15, 0.2) is 60.7 Å². The van der Waals surface area contributed by atoms with Crippen molar-refractivity contribution < 1.29 is 19.4 Å². The molecule has 5 heteroatoms. The van der Waals surface area contributed by atoms with Crippen molar-refractivity contribution in [3.63, 3.8) is 0 Å². The lowest BCUT2D eigenvalue weighted by atomic mass is 10.1. The summed E-state index contributed by atoms with van der Waals surface area (Å²) in [6.07, 6.45) is 3.18. The minimum absolute atomic E-state index is 0.234. The van der Waals surface area contributed by atoms with E-state index < -0.39 is 17.9 Å². The van der Waals surface area contributed by atoms with Gasteiger partial charge in [-0.25, -0.2) is 4.79 Å². The Morgan fingerprint density at radius 1 is 1.12 bits per heavy atom. The number of methoxy groups -OCH3 is 1. The highest BCUT2D eigenvalue weighted by atomic mass is 16.5. The van der Waals surface area contributed by atoms with Gasteiger partial charge in [-0.15, -0.1) is 0 Å². The van der Waals surface area contributed by atoms with Crippen LogP contribution >= 0.6 is 0 Å². The fraction of sp³-hybridized carbons (Fsp3) is 0.158. The fourth-order valence-corrected chi connectivity index (χ4v) is 2.16. The second kappa shape index (κ2) is 8.53. The van der Waals surface area contributed by atoms with Crippen LogP contribution < -0.4 is 10.1 Å². The minimum atomic E-state index is -1.06. The molecule has 0 fully saturated rings. The maximum atomic E-state index is 12.0. The predicted octanol–water partition coefficient (Wildman–Crippen LogP) is 2.52. The summed E-state index contributed by atoms with van der Waals surface area (Å²) in [4.78, 5) is 23.3. The van der Waals surface area contributed by atoms with Gasteiger partial charge in [-0.2, -0.15) is 0 Å². The van der Waals surface area contributed by atoms with Crippen LogP contribution in [-0.2, 0) is 16.0 Å². The molecular weight excluding hydrogens is 306 g/mol. The largest absolute Gasteiger partial charge is 0.497 e. The van der Waals surface area contributed by atoms with Crippen molar-refractivity contribution in [2.75, 3.05) is 7.11 Å². The molecule has 5 nitrogen and oxygen atoms in total. The molecule has 1 atom stereocenters. The molecule has 0 aromatic heterocycles. The summed E-state index contributed by atoms with van der Waals surface area (Å²) in [7, 11) is 1.58. The van der Waals surface area contributed by atoms with Crippen molar-refractivity contribution >= 4 is 18.0 Å². The van der Waals surface area contributed by atoms with Gasteiger partial charge in [-0.1, -0.05) is 42.5 Å². The predicted molar refractivity (Wildman–Crippen MR) is 91.7 cm³/mol. The number of benzene rings is 2. The second-order valence-corrected chi connectivity index (χ2v) is 5.20. The SMILES string of the molecule is COc1ccc(/C=C/C(=O)N[C@H](Cc2ccccc2)C(=O)O)cc1.